The van der Waals surface area contributed by atoms with E-state index < -0.39 is 0 Å². The van der Waals surface area contributed by atoms with Gasteiger partial charge in [-0.15, -0.1) is 11.8 Å². The van der Waals surface area contributed by atoms with Gasteiger partial charge in [0.1, 0.15) is 0 Å². The second kappa shape index (κ2) is 6.51. The van der Waals surface area contributed by atoms with E-state index in [1.807, 2.05) is 34.6 Å². The molecule has 20 heavy (non-hydrogen) atoms. The summed E-state index contributed by atoms with van der Waals surface area (Å²) in [5.41, 5.74) is 2.37. The Morgan fingerprint density at radius 3 is 2.65 bits per heavy atom. The van der Waals surface area contributed by atoms with Crippen LogP contribution in [-0.4, -0.2) is 17.4 Å². The molecule has 2 rings (SSSR count). The van der Waals surface area contributed by atoms with E-state index in [1.54, 1.807) is 18.7 Å². The Hall–Kier alpha value is -1.19. The SMILES string of the molecule is C=CSC1=C(C)CN(C(C)=O)C(c2ccc(Cl)cc2)C1. The third-order valence-corrected chi connectivity index (χ3v) is 4.74. The molecule has 1 aromatic carbocycles. The fraction of sp³-hybridized carbons (Fsp3) is 0.312. The van der Waals surface area contributed by atoms with Crippen molar-refractivity contribution in [3.05, 3.63) is 57.3 Å². The summed E-state index contributed by atoms with van der Waals surface area (Å²) >= 11 is 7.60. The Kier molecular flexibility index (Phi) is 4.95. The number of carbonyl (C=O) groups excluding carboxylic acids is 1. The van der Waals surface area contributed by atoms with Crippen molar-refractivity contribution in [1.29, 1.82) is 0 Å². The molecule has 0 saturated carbocycles. The van der Waals surface area contributed by atoms with E-state index in [0.29, 0.717) is 11.6 Å². The fourth-order valence-electron chi connectivity index (χ4n) is 2.48. The lowest BCUT2D eigenvalue weighted by Crippen LogP contribution is -2.37. The lowest BCUT2D eigenvalue weighted by molar-refractivity contribution is -0.131. The van der Waals surface area contributed by atoms with Crippen LogP contribution in [0.4, 0.5) is 0 Å². The lowest BCUT2D eigenvalue weighted by Gasteiger charge is -2.37. The second-order valence-corrected chi connectivity index (χ2v) is 6.40. The van der Waals surface area contributed by atoms with E-state index in [1.165, 1.54) is 10.5 Å². The Morgan fingerprint density at radius 2 is 2.10 bits per heavy atom. The van der Waals surface area contributed by atoms with Crippen LogP contribution in [0.25, 0.3) is 0 Å². The van der Waals surface area contributed by atoms with Crippen molar-refractivity contribution in [2.75, 3.05) is 6.54 Å². The van der Waals surface area contributed by atoms with E-state index >= 15 is 0 Å². The highest BCUT2D eigenvalue weighted by atomic mass is 35.5. The van der Waals surface area contributed by atoms with Crippen LogP contribution >= 0.6 is 23.4 Å². The minimum Gasteiger partial charge on any atom is -0.332 e. The standard InChI is InChI=1S/C16H18ClNOS/c1-4-20-16-9-15(13-5-7-14(17)8-6-13)18(12(3)19)10-11(16)2/h4-8,15H,1,9-10H2,2-3H3. The molecule has 1 heterocycles. The summed E-state index contributed by atoms with van der Waals surface area (Å²) < 4.78 is 0. The Bertz CT molecular complexity index is 550. The van der Waals surface area contributed by atoms with Gasteiger partial charge in [0, 0.05) is 24.9 Å². The average Bonchev–Trinajstić information content (AvgIpc) is 2.41. The molecule has 1 aliphatic heterocycles. The zero-order valence-corrected chi connectivity index (χ0v) is 13.3. The molecule has 0 spiro atoms. The highest BCUT2D eigenvalue weighted by molar-refractivity contribution is 8.05. The minimum absolute atomic E-state index is 0.0796. The quantitative estimate of drug-likeness (QED) is 0.800. The van der Waals surface area contributed by atoms with Gasteiger partial charge in [-0.2, -0.15) is 0 Å². The number of nitrogens with zero attached hydrogens (tertiary/aromatic N) is 1. The lowest BCUT2D eigenvalue weighted by atomic mass is 9.96. The Labute approximate surface area is 129 Å². The second-order valence-electron chi connectivity index (χ2n) is 4.91. The molecule has 0 radical (unpaired) electrons. The van der Waals surface area contributed by atoms with Crippen molar-refractivity contribution in [1.82, 2.24) is 4.90 Å². The van der Waals surface area contributed by atoms with Gasteiger partial charge in [-0.1, -0.05) is 30.3 Å². The van der Waals surface area contributed by atoms with E-state index in [2.05, 4.69) is 13.5 Å². The van der Waals surface area contributed by atoms with Crippen LogP contribution in [0, 0.1) is 0 Å². The molecule has 0 bridgehead atoms. The normalized spacial score (nSPS) is 19.1. The molecular formula is C16H18ClNOS. The molecular weight excluding hydrogens is 290 g/mol. The largest absolute Gasteiger partial charge is 0.332 e. The third-order valence-electron chi connectivity index (χ3n) is 3.52. The third kappa shape index (κ3) is 3.28. The summed E-state index contributed by atoms with van der Waals surface area (Å²) in [5.74, 6) is 0.104. The molecule has 1 unspecified atom stereocenters. The van der Waals surface area contributed by atoms with Crippen LogP contribution in [0.2, 0.25) is 5.02 Å². The predicted molar refractivity (Wildman–Crippen MR) is 86.7 cm³/mol. The zero-order valence-electron chi connectivity index (χ0n) is 11.7. The molecule has 0 aliphatic carbocycles. The van der Waals surface area contributed by atoms with Crippen molar-refractivity contribution >= 4 is 29.3 Å². The maximum Gasteiger partial charge on any atom is 0.220 e. The molecule has 1 aromatic rings. The van der Waals surface area contributed by atoms with Crippen LogP contribution < -0.4 is 0 Å². The topological polar surface area (TPSA) is 20.3 Å². The molecule has 1 atom stereocenters. The predicted octanol–water partition coefficient (Wildman–Crippen LogP) is 4.78. The number of benzene rings is 1. The summed E-state index contributed by atoms with van der Waals surface area (Å²) in [5, 5.41) is 2.56. The highest BCUT2D eigenvalue weighted by Crippen LogP contribution is 2.39. The molecule has 0 fully saturated rings. The number of halogens is 1. The van der Waals surface area contributed by atoms with Crippen LogP contribution in [0.3, 0.4) is 0 Å². The van der Waals surface area contributed by atoms with Crippen molar-refractivity contribution in [3.8, 4) is 0 Å². The summed E-state index contributed by atoms with van der Waals surface area (Å²) in [4.78, 5) is 15.1. The molecule has 0 aromatic heterocycles. The van der Waals surface area contributed by atoms with Crippen molar-refractivity contribution in [3.63, 3.8) is 0 Å². The van der Waals surface area contributed by atoms with Crippen molar-refractivity contribution < 1.29 is 4.79 Å². The maximum absolute atomic E-state index is 11.9. The first-order valence-electron chi connectivity index (χ1n) is 6.51. The summed E-state index contributed by atoms with van der Waals surface area (Å²) in [6.07, 6.45) is 0.837. The van der Waals surface area contributed by atoms with Crippen LogP contribution in [0.5, 0.6) is 0 Å². The van der Waals surface area contributed by atoms with Crippen LogP contribution in [-0.2, 0) is 4.79 Å². The summed E-state index contributed by atoms with van der Waals surface area (Å²) in [7, 11) is 0. The minimum atomic E-state index is 0.0796. The van der Waals surface area contributed by atoms with Gasteiger partial charge in [0.2, 0.25) is 5.91 Å². The Morgan fingerprint density at radius 1 is 1.45 bits per heavy atom. The number of thioether (sulfide) groups is 1. The molecule has 0 N–H and O–H groups in total. The molecule has 4 heteroatoms. The smallest absolute Gasteiger partial charge is 0.220 e. The van der Waals surface area contributed by atoms with E-state index in [9.17, 15) is 4.79 Å². The molecule has 1 amide bonds. The maximum atomic E-state index is 11.9. The van der Waals surface area contributed by atoms with Crippen molar-refractivity contribution in [2.45, 2.75) is 26.3 Å². The average molecular weight is 308 g/mol. The number of hydrogen-bond acceptors (Lipinski definition) is 2. The van der Waals surface area contributed by atoms with Crippen LogP contribution in [0.1, 0.15) is 31.9 Å². The van der Waals surface area contributed by atoms with Gasteiger partial charge in [0.15, 0.2) is 0 Å². The van der Waals surface area contributed by atoms with E-state index in [0.717, 1.165) is 12.0 Å². The number of rotatable bonds is 3. The van der Waals surface area contributed by atoms with E-state index in [-0.39, 0.29) is 11.9 Å². The van der Waals surface area contributed by atoms with E-state index in [4.69, 9.17) is 11.6 Å². The molecule has 1 aliphatic rings. The molecule has 106 valence electrons. The van der Waals surface area contributed by atoms with Gasteiger partial charge in [0.25, 0.3) is 0 Å². The number of amides is 1. The first-order valence-corrected chi connectivity index (χ1v) is 7.77. The summed E-state index contributed by atoms with van der Waals surface area (Å²) in [6.45, 7) is 8.17. The number of hydrogen-bond donors (Lipinski definition) is 0. The van der Waals surface area contributed by atoms with Crippen molar-refractivity contribution in [2.24, 2.45) is 0 Å². The number of carbonyl (C=O) groups is 1. The van der Waals surface area contributed by atoms with Gasteiger partial charge in [-0.3, -0.25) is 4.79 Å². The molecule has 0 saturated heterocycles. The van der Waals surface area contributed by atoms with Gasteiger partial charge < -0.3 is 4.90 Å². The summed E-state index contributed by atoms with van der Waals surface area (Å²) in [6, 6.07) is 7.83. The van der Waals surface area contributed by atoms with Gasteiger partial charge >= 0.3 is 0 Å². The monoisotopic (exact) mass is 307 g/mol. The molecule has 2 nitrogen and oxygen atoms in total. The van der Waals surface area contributed by atoms with Crippen LogP contribution in [0.15, 0.2) is 46.7 Å². The van der Waals surface area contributed by atoms with Gasteiger partial charge in [-0.05, 0) is 40.5 Å². The first kappa shape index (κ1) is 15.2. The van der Waals surface area contributed by atoms with Gasteiger partial charge in [-0.25, -0.2) is 0 Å². The van der Waals surface area contributed by atoms with Gasteiger partial charge in [0.05, 0.1) is 6.04 Å². The zero-order chi connectivity index (χ0) is 14.7. The highest BCUT2D eigenvalue weighted by Gasteiger charge is 2.29. The fourth-order valence-corrected chi connectivity index (χ4v) is 3.32. The Balaban J connectivity index is 2.35. The first-order chi connectivity index (χ1) is 9.52.